The van der Waals surface area contributed by atoms with E-state index in [1.165, 1.54) is 25.9 Å². The summed E-state index contributed by atoms with van der Waals surface area (Å²) in [6, 6.07) is 0. The number of aryl methyl sites for hydroxylation is 1. The second-order valence-electron chi connectivity index (χ2n) is 5.73. The topological polar surface area (TPSA) is 67.1 Å². The van der Waals surface area contributed by atoms with Crippen LogP contribution in [-0.2, 0) is 0 Å². The van der Waals surface area contributed by atoms with E-state index >= 15 is 0 Å². The van der Waals surface area contributed by atoms with Gasteiger partial charge in [-0.3, -0.25) is 0 Å². The highest BCUT2D eigenvalue weighted by molar-refractivity contribution is 5.45. The third-order valence-electron chi connectivity index (χ3n) is 3.87. The first-order chi connectivity index (χ1) is 8.48. The van der Waals surface area contributed by atoms with Crippen LogP contribution in [0.25, 0.3) is 0 Å². The second-order valence-corrected chi connectivity index (χ2v) is 5.73. The lowest BCUT2D eigenvalue weighted by Gasteiger charge is -2.38. The van der Waals surface area contributed by atoms with Crippen molar-refractivity contribution in [1.29, 1.82) is 0 Å². The molecule has 0 unspecified atom stereocenters. The van der Waals surface area contributed by atoms with Crippen molar-refractivity contribution in [2.24, 2.45) is 5.41 Å². The Labute approximate surface area is 109 Å². The Morgan fingerprint density at radius 2 is 2.11 bits per heavy atom. The molecule has 0 spiro atoms. The lowest BCUT2D eigenvalue weighted by atomic mass is 9.80. The van der Waals surface area contributed by atoms with Crippen LogP contribution in [0.15, 0.2) is 6.20 Å². The molecule has 1 saturated heterocycles. The van der Waals surface area contributed by atoms with E-state index in [2.05, 4.69) is 34.2 Å². The van der Waals surface area contributed by atoms with Gasteiger partial charge in [0, 0.05) is 18.3 Å². The number of nitrogens with one attached hydrogen (secondary N) is 1. The van der Waals surface area contributed by atoms with E-state index in [0.29, 0.717) is 11.4 Å². The third-order valence-corrected chi connectivity index (χ3v) is 3.87. The number of nitrogens with zero attached hydrogens (tertiary/aromatic N) is 3. The molecule has 5 heteroatoms. The van der Waals surface area contributed by atoms with E-state index in [1.54, 1.807) is 6.20 Å². The molecule has 2 rings (SSSR count). The molecule has 5 nitrogen and oxygen atoms in total. The summed E-state index contributed by atoms with van der Waals surface area (Å²) in [6.07, 6.45) is 4.20. The quantitative estimate of drug-likeness (QED) is 0.850. The molecule has 0 saturated carbocycles. The maximum absolute atomic E-state index is 5.62. The fraction of sp³-hybridized carbons (Fsp3) is 0.692. The average molecular weight is 249 g/mol. The summed E-state index contributed by atoms with van der Waals surface area (Å²) in [6.45, 7) is 7.62. The Balaban J connectivity index is 1.96. The van der Waals surface area contributed by atoms with Crippen molar-refractivity contribution in [3.05, 3.63) is 11.8 Å². The Kier molecular flexibility index (Phi) is 3.71. The van der Waals surface area contributed by atoms with Gasteiger partial charge in [-0.2, -0.15) is 4.98 Å². The number of piperidine rings is 1. The molecule has 100 valence electrons. The highest BCUT2D eigenvalue weighted by atomic mass is 15.1. The van der Waals surface area contributed by atoms with Crippen LogP contribution in [0, 0.1) is 12.3 Å². The lowest BCUT2D eigenvalue weighted by Crippen LogP contribution is -2.40. The predicted molar refractivity (Wildman–Crippen MR) is 74.5 cm³/mol. The van der Waals surface area contributed by atoms with Crippen LogP contribution < -0.4 is 11.1 Å². The second kappa shape index (κ2) is 5.10. The highest BCUT2D eigenvalue weighted by Gasteiger charge is 2.28. The van der Waals surface area contributed by atoms with Crippen molar-refractivity contribution in [2.45, 2.75) is 26.7 Å². The van der Waals surface area contributed by atoms with E-state index in [1.807, 2.05) is 6.92 Å². The zero-order valence-electron chi connectivity index (χ0n) is 11.5. The largest absolute Gasteiger partial charge is 0.369 e. The lowest BCUT2D eigenvalue weighted by molar-refractivity contribution is 0.150. The van der Waals surface area contributed by atoms with Gasteiger partial charge in [0.05, 0.1) is 0 Å². The van der Waals surface area contributed by atoms with Gasteiger partial charge in [0.15, 0.2) is 0 Å². The van der Waals surface area contributed by atoms with Gasteiger partial charge >= 0.3 is 0 Å². The normalized spacial score (nSPS) is 19.7. The molecule has 1 aliphatic rings. The minimum Gasteiger partial charge on any atom is -0.369 e. The van der Waals surface area contributed by atoms with Crippen LogP contribution in [-0.4, -0.2) is 41.5 Å². The van der Waals surface area contributed by atoms with Gasteiger partial charge in [0.2, 0.25) is 5.95 Å². The molecule has 18 heavy (non-hydrogen) atoms. The Morgan fingerprint density at radius 3 is 2.78 bits per heavy atom. The maximum Gasteiger partial charge on any atom is 0.221 e. The van der Waals surface area contributed by atoms with Crippen molar-refractivity contribution < 1.29 is 0 Å². The fourth-order valence-corrected chi connectivity index (χ4v) is 2.27. The predicted octanol–water partition coefficient (Wildman–Crippen LogP) is 1.51. The van der Waals surface area contributed by atoms with Crippen molar-refractivity contribution >= 4 is 11.8 Å². The molecule has 3 N–H and O–H groups in total. The summed E-state index contributed by atoms with van der Waals surface area (Å²) in [5, 5.41) is 3.43. The van der Waals surface area contributed by atoms with E-state index in [-0.39, 0.29) is 0 Å². The van der Waals surface area contributed by atoms with Gasteiger partial charge in [-0.15, -0.1) is 0 Å². The third kappa shape index (κ3) is 3.10. The summed E-state index contributed by atoms with van der Waals surface area (Å²) >= 11 is 0. The van der Waals surface area contributed by atoms with E-state index < -0.39 is 0 Å². The van der Waals surface area contributed by atoms with Gasteiger partial charge in [0.25, 0.3) is 0 Å². The highest BCUT2D eigenvalue weighted by Crippen LogP contribution is 2.30. The molecule has 0 aromatic carbocycles. The van der Waals surface area contributed by atoms with E-state index in [0.717, 1.165) is 17.9 Å². The fourth-order valence-electron chi connectivity index (χ4n) is 2.27. The molecule has 1 fully saturated rings. The van der Waals surface area contributed by atoms with Gasteiger partial charge < -0.3 is 16.0 Å². The summed E-state index contributed by atoms with van der Waals surface area (Å²) in [5.74, 6) is 1.19. The van der Waals surface area contributed by atoms with Gasteiger partial charge in [-0.1, -0.05) is 6.92 Å². The van der Waals surface area contributed by atoms with Crippen molar-refractivity contribution in [1.82, 2.24) is 14.9 Å². The van der Waals surface area contributed by atoms with Crippen LogP contribution in [0.4, 0.5) is 11.8 Å². The number of aromatic nitrogens is 2. The molecule has 2 heterocycles. The van der Waals surface area contributed by atoms with Crippen molar-refractivity contribution in [3.63, 3.8) is 0 Å². The van der Waals surface area contributed by atoms with Crippen molar-refractivity contribution in [3.8, 4) is 0 Å². The standard InChI is InChI=1S/C13H23N5/c1-10-8-15-12(14)17-11(10)16-9-13(2)4-6-18(3)7-5-13/h8H,4-7,9H2,1-3H3,(H3,14,15,16,17). The summed E-state index contributed by atoms with van der Waals surface area (Å²) in [7, 11) is 2.18. The van der Waals surface area contributed by atoms with Crippen LogP contribution in [0.5, 0.6) is 0 Å². The number of rotatable bonds is 3. The Hall–Kier alpha value is -1.36. The van der Waals surface area contributed by atoms with E-state index in [9.17, 15) is 0 Å². The molecule has 1 aromatic heterocycles. The Bertz CT molecular complexity index is 410. The number of hydrogen-bond donors (Lipinski definition) is 2. The number of likely N-dealkylation sites (tertiary alicyclic amines) is 1. The first kappa shape index (κ1) is 13.1. The summed E-state index contributed by atoms with van der Waals surface area (Å²) in [5.41, 5.74) is 7.01. The van der Waals surface area contributed by atoms with Crippen LogP contribution in [0.2, 0.25) is 0 Å². The number of nitrogens with two attached hydrogens (primary N) is 1. The zero-order valence-corrected chi connectivity index (χ0v) is 11.5. The zero-order chi connectivity index (χ0) is 13.2. The number of anilines is 2. The van der Waals surface area contributed by atoms with Crippen LogP contribution >= 0.6 is 0 Å². The van der Waals surface area contributed by atoms with E-state index in [4.69, 9.17) is 5.73 Å². The molecular weight excluding hydrogens is 226 g/mol. The van der Waals surface area contributed by atoms with Crippen LogP contribution in [0.3, 0.4) is 0 Å². The molecule has 1 aliphatic heterocycles. The first-order valence-electron chi connectivity index (χ1n) is 6.50. The number of nitrogen functional groups attached to an aromatic ring is 1. The SMILES string of the molecule is Cc1cnc(N)nc1NCC1(C)CCN(C)CC1. The first-order valence-corrected chi connectivity index (χ1v) is 6.50. The molecule has 1 aromatic rings. The minimum absolute atomic E-state index is 0.330. The molecule has 0 radical (unpaired) electrons. The molecule has 0 amide bonds. The smallest absolute Gasteiger partial charge is 0.221 e. The monoisotopic (exact) mass is 249 g/mol. The minimum atomic E-state index is 0.330. The van der Waals surface area contributed by atoms with Gasteiger partial charge in [0.1, 0.15) is 5.82 Å². The van der Waals surface area contributed by atoms with Gasteiger partial charge in [-0.25, -0.2) is 4.98 Å². The van der Waals surface area contributed by atoms with Crippen LogP contribution in [0.1, 0.15) is 25.3 Å². The molecule has 0 atom stereocenters. The molecule has 0 bridgehead atoms. The Morgan fingerprint density at radius 1 is 1.44 bits per heavy atom. The molecular formula is C13H23N5. The summed E-state index contributed by atoms with van der Waals surface area (Å²) in [4.78, 5) is 10.6. The molecule has 0 aliphatic carbocycles. The maximum atomic E-state index is 5.62. The van der Waals surface area contributed by atoms with Crippen molar-refractivity contribution in [2.75, 3.05) is 37.7 Å². The average Bonchev–Trinajstić information content (AvgIpc) is 2.35. The van der Waals surface area contributed by atoms with Gasteiger partial charge in [-0.05, 0) is 45.3 Å². The number of hydrogen-bond acceptors (Lipinski definition) is 5. The summed E-state index contributed by atoms with van der Waals surface area (Å²) < 4.78 is 0.